The molecule has 114 valence electrons. The normalized spacial score (nSPS) is 16.4. The van der Waals surface area contributed by atoms with Gasteiger partial charge >= 0.3 is 0 Å². The lowest BCUT2D eigenvalue weighted by molar-refractivity contribution is 0.0922. The third-order valence-electron chi connectivity index (χ3n) is 4.04. The van der Waals surface area contributed by atoms with Crippen LogP contribution >= 0.6 is 0 Å². The molecule has 1 unspecified atom stereocenters. The fourth-order valence-electron chi connectivity index (χ4n) is 2.87. The second-order valence-corrected chi connectivity index (χ2v) is 5.66. The van der Waals surface area contributed by atoms with Crippen molar-refractivity contribution >= 4 is 5.91 Å². The Balaban J connectivity index is 1.74. The molecule has 1 aromatic heterocycles. The minimum Gasteiger partial charge on any atom is -0.343 e. The van der Waals surface area contributed by atoms with Crippen LogP contribution in [0.5, 0.6) is 0 Å². The smallest absolute Gasteiger partial charge is 0.270 e. The molecular weight excluding hydrogens is 274 g/mol. The largest absolute Gasteiger partial charge is 0.343 e. The number of amides is 1. The van der Waals surface area contributed by atoms with Crippen molar-refractivity contribution in [2.24, 2.45) is 0 Å². The summed E-state index contributed by atoms with van der Waals surface area (Å²) in [7, 11) is 0. The molecule has 1 N–H and O–H groups in total. The van der Waals surface area contributed by atoms with Crippen molar-refractivity contribution < 1.29 is 4.79 Å². The van der Waals surface area contributed by atoms with Gasteiger partial charge in [-0.2, -0.15) is 0 Å². The molecule has 0 bridgehead atoms. The van der Waals surface area contributed by atoms with Crippen molar-refractivity contribution in [3.05, 3.63) is 66.0 Å². The Kier molecular flexibility index (Phi) is 4.81. The van der Waals surface area contributed by atoms with E-state index in [0.717, 1.165) is 25.2 Å². The van der Waals surface area contributed by atoms with E-state index in [1.807, 2.05) is 30.3 Å². The van der Waals surface area contributed by atoms with Gasteiger partial charge in [-0.1, -0.05) is 36.4 Å². The summed E-state index contributed by atoms with van der Waals surface area (Å²) in [6.07, 6.45) is 4.14. The van der Waals surface area contributed by atoms with E-state index in [2.05, 4.69) is 27.3 Å². The van der Waals surface area contributed by atoms with Crippen LogP contribution in [-0.2, 0) is 0 Å². The number of aromatic nitrogens is 1. The first-order valence-corrected chi connectivity index (χ1v) is 7.82. The minimum absolute atomic E-state index is 0.00574. The predicted molar refractivity (Wildman–Crippen MR) is 86.6 cm³/mol. The Labute approximate surface area is 131 Å². The van der Waals surface area contributed by atoms with Gasteiger partial charge in [0, 0.05) is 12.7 Å². The number of pyridine rings is 1. The van der Waals surface area contributed by atoms with E-state index < -0.39 is 0 Å². The number of nitrogens with one attached hydrogen (secondary N) is 1. The number of hydrogen-bond donors (Lipinski definition) is 1. The van der Waals surface area contributed by atoms with Crippen molar-refractivity contribution in [3.8, 4) is 0 Å². The fourth-order valence-corrected chi connectivity index (χ4v) is 2.87. The maximum Gasteiger partial charge on any atom is 0.270 e. The first-order chi connectivity index (χ1) is 10.8. The summed E-state index contributed by atoms with van der Waals surface area (Å²) in [5.74, 6) is -0.117. The molecule has 2 heterocycles. The van der Waals surface area contributed by atoms with E-state index in [1.165, 1.54) is 12.8 Å². The summed E-state index contributed by atoms with van der Waals surface area (Å²) in [5.41, 5.74) is 1.60. The van der Waals surface area contributed by atoms with Crippen LogP contribution in [0.15, 0.2) is 54.7 Å². The second kappa shape index (κ2) is 7.18. The Morgan fingerprint density at radius 2 is 1.82 bits per heavy atom. The molecule has 1 saturated heterocycles. The molecule has 0 spiro atoms. The molecule has 1 aliphatic heterocycles. The van der Waals surface area contributed by atoms with Crippen molar-refractivity contribution in [2.75, 3.05) is 19.6 Å². The SMILES string of the molecule is O=C(NC(CN1CCCC1)c1ccccc1)c1ccccn1. The highest BCUT2D eigenvalue weighted by Crippen LogP contribution is 2.18. The van der Waals surface area contributed by atoms with Gasteiger partial charge in [-0.05, 0) is 43.6 Å². The van der Waals surface area contributed by atoms with Gasteiger partial charge in [0.05, 0.1) is 6.04 Å². The predicted octanol–water partition coefficient (Wildman–Crippen LogP) is 2.65. The number of nitrogens with zero attached hydrogens (tertiary/aromatic N) is 2. The maximum absolute atomic E-state index is 12.4. The van der Waals surface area contributed by atoms with Gasteiger partial charge in [0.1, 0.15) is 5.69 Å². The van der Waals surface area contributed by atoms with Gasteiger partial charge in [0.25, 0.3) is 5.91 Å². The topological polar surface area (TPSA) is 45.2 Å². The third kappa shape index (κ3) is 3.71. The van der Waals surface area contributed by atoms with Crippen LogP contribution in [-0.4, -0.2) is 35.4 Å². The van der Waals surface area contributed by atoms with Gasteiger partial charge in [0.2, 0.25) is 0 Å². The number of carbonyl (C=O) groups is 1. The van der Waals surface area contributed by atoms with Crippen LogP contribution in [0.2, 0.25) is 0 Å². The molecule has 22 heavy (non-hydrogen) atoms. The van der Waals surface area contributed by atoms with E-state index in [-0.39, 0.29) is 11.9 Å². The average Bonchev–Trinajstić information content (AvgIpc) is 3.09. The zero-order valence-electron chi connectivity index (χ0n) is 12.6. The summed E-state index contributed by atoms with van der Waals surface area (Å²) >= 11 is 0. The summed E-state index contributed by atoms with van der Waals surface area (Å²) in [5, 5.41) is 3.13. The molecule has 3 rings (SSSR count). The van der Waals surface area contributed by atoms with E-state index in [0.29, 0.717) is 5.69 Å². The summed E-state index contributed by atoms with van der Waals surface area (Å²) < 4.78 is 0. The van der Waals surface area contributed by atoms with Crippen molar-refractivity contribution in [1.29, 1.82) is 0 Å². The molecule has 1 aromatic carbocycles. The molecule has 1 atom stereocenters. The highest BCUT2D eigenvalue weighted by Gasteiger charge is 2.21. The Hall–Kier alpha value is -2.20. The number of hydrogen-bond acceptors (Lipinski definition) is 3. The Morgan fingerprint density at radius 1 is 1.09 bits per heavy atom. The van der Waals surface area contributed by atoms with Gasteiger partial charge in [0.15, 0.2) is 0 Å². The number of benzene rings is 1. The van der Waals surface area contributed by atoms with Gasteiger partial charge < -0.3 is 10.2 Å². The lowest BCUT2D eigenvalue weighted by Gasteiger charge is -2.24. The minimum atomic E-state index is -0.117. The van der Waals surface area contributed by atoms with Crippen LogP contribution in [0.1, 0.15) is 34.9 Å². The molecule has 1 fully saturated rings. The van der Waals surface area contributed by atoms with Gasteiger partial charge in [-0.15, -0.1) is 0 Å². The molecule has 1 aliphatic rings. The van der Waals surface area contributed by atoms with E-state index in [9.17, 15) is 4.79 Å². The molecule has 4 nitrogen and oxygen atoms in total. The number of carbonyl (C=O) groups excluding carboxylic acids is 1. The van der Waals surface area contributed by atoms with Crippen LogP contribution in [0.25, 0.3) is 0 Å². The standard InChI is InChI=1S/C18H21N3O/c22-18(16-10-4-5-11-19-16)20-17(14-21-12-6-7-13-21)15-8-2-1-3-9-15/h1-5,8-11,17H,6-7,12-14H2,(H,20,22). The van der Waals surface area contributed by atoms with E-state index >= 15 is 0 Å². The zero-order valence-corrected chi connectivity index (χ0v) is 12.6. The van der Waals surface area contributed by atoms with Crippen molar-refractivity contribution in [3.63, 3.8) is 0 Å². The molecule has 0 aliphatic carbocycles. The average molecular weight is 295 g/mol. The number of rotatable bonds is 5. The van der Waals surface area contributed by atoms with Gasteiger partial charge in [-0.3, -0.25) is 9.78 Å². The summed E-state index contributed by atoms with van der Waals surface area (Å²) in [6.45, 7) is 3.08. The molecule has 0 radical (unpaired) electrons. The van der Waals surface area contributed by atoms with Crippen LogP contribution in [0.3, 0.4) is 0 Å². The Bertz CT molecular complexity index is 594. The maximum atomic E-state index is 12.4. The fraction of sp³-hybridized carbons (Fsp3) is 0.333. The summed E-state index contributed by atoms with van der Waals surface area (Å²) in [6, 6.07) is 15.5. The molecule has 4 heteroatoms. The molecule has 2 aromatic rings. The van der Waals surface area contributed by atoms with E-state index in [1.54, 1.807) is 12.3 Å². The van der Waals surface area contributed by atoms with Crippen LogP contribution in [0.4, 0.5) is 0 Å². The molecule has 1 amide bonds. The van der Waals surface area contributed by atoms with Crippen molar-refractivity contribution in [1.82, 2.24) is 15.2 Å². The van der Waals surface area contributed by atoms with E-state index in [4.69, 9.17) is 0 Å². The lowest BCUT2D eigenvalue weighted by atomic mass is 10.1. The molecule has 0 saturated carbocycles. The van der Waals surface area contributed by atoms with Crippen molar-refractivity contribution in [2.45, 2.75) is 18.9 Å². The van der Waals surface area contributed by atoms with Crippen LogP contribution < -0.4 is 5.32 Å². The second-order valence-electron chi connectivity index (χ2n) is 5.66. The highest BCUT2D eigenvalue weighted by molar-refractivity contribution is 5.92. The summed E-state index contributed by atoms with van der Waals surface area (Å²) in [4.78, 5) is 19.0. The number of likely N-dealkylation sites (tertiary alicyclic amines) is 1. The molecular formula is C18H21N3O. The first kappa shape index (κ1) is 14.7. The zero-order chi connectivity index (χ0) is 15.2. The monoisotopic (exact) mass is 295 g/mol. The first-order valence-electron chi connectivity index (χ1n) is 7.82. The highest BCUT2D eigenvalue weighted by atomic mass is 16.1. The lowest BCUT2D eigenvalue weighted by Crippen LogP contribution is -2.37. The quantitative estimate of drug-likeness (QED) is 0.922. The third-order valence-corrected chi connectivity index (χ3v) is 4.04. The van der Waals surface area contributed by atoms with Crippen LogP contribution in [0, 0.1) is 0 Å². The Morgan fingerprint density at radius 3 is 2.50 bits per heavy atom. The van der Waals surface area contributed by atoms with Gasteiger partial charge in [-0.25, -0.2) is 0 Å².